The van der Waals surface area contributed by atoms with Crippen LogP contribution in [0.4, 0.5) is 5.13 Å². The number of thiazole rings is 1. The number of aryl methyl sites for hydroxylation is 1. The molecule has 1 N–H and O–H groups in total. The van der Waals surface area contributed by atoms with E-state index in [1.807, 2.05) is 6.92 Å². The van der Waals surface area contributed by atoms with E-state index in [9.17, 15) is 18.0 Å². The Hall–Kier alpha value is -2.78. The van der Waals surface area contributed by atoms with Crippen molar-refractivity contribution in [2.24, 2.45) is 0 Å². The van der Waals surface area contributed by atoms with E-state index in [0.717, 1.165) is 10.3 Å². The SMILES string of the molecule is CCOC(=O)c1ccc2nc(NC(=O)CCS(=O)(=O)c3ccc(C)cc3)sc2c1. The first-order valence-corrected chi connectivity index (χ1v) is 11.4. The van der Waals surface area contributed by atoms with Gasteiger partial charge < -0.3 is 10.1 Å². The summed E-state index contributed by atoms with van der Waals surface area (Å²) >= 11 is 1.21. The number of rotatable bonds is 7. The number of ether oxygens (including phenoxy) is 1. The molecule has 1 amide bonds. The van der Waals surface area contributed by atoms with Crippen LogP contribution in [-0.4, -0.2) is 37.6 Å². The smallest absolute Gasteiger partial charge is 0.338 e. The normalized spacial score (nSPS) is 11.4. The zero-order chi connectivity index (χ0) is 21.0. The number of anilines is 1. The van der Waals surface area contributed by atoms with Gasteiger partial charge in [-0.25, -0.2) is 18.2 Å². The Bertz CT molecular complexity index is 1150. The third-order valence-corrected chi connectivity index (χ3v) is 6.79. The highest BCUT2D eigenvalue weighted by atomic mass is 32.2. The third kappa shape index (κ3) is 5.18. The first kappa shape index (κ1) is 20.9. The van der Waals surface area contributed by atoms with Crippen molar-refractivity contribution in [1.82, 2.24) is 4.98 Å². The van der Waals surface area contributed by atoms with E-state index in [1.165, 1.54) is 23.5 Å². The average Bonchev–Trinajstić information content (AvgIpc) is 3.08. The van der Waals surface area contributed by atoms with Crippen LogP contribution in [0.25, 0.3) is 10.2 Å². The molecule has 152 valence electrons. The number of nitrogens with zero attached hydrogens (tertiary/aromatic N) is 1. The number of aromatic nitrogens is 1. The van der Waals surface area contributed by atoms with Crippen LogP contribution in [-0.2, 0) is 19.4 Å². The van der Waals surface area contributed by atoms with Crippen molar-refractivity contribution in [1.29, 1.82) is 0 Å². The van der Waals surface area contributed by atoms with Gasteiger partial charge in [-0.15, -0.1) is 0 Å². The minimum atomic E-state index is -3.54. The summed E-state index contributed by atoms with van der Waals surface area (Å²) in [5.41, 5.74) is 2.00. The van der Waals surface area contributed by atoms with E-state index in [2.05, 4.69) is 10.3 Å². The topological polar surface area (TPSA) is 102 Å². The average molecular weight is 433 g/mol. The van der Waals surface area contributed by atoms with E-state index in [0.29, 0.717) is 16.2 Å². The Balaban J connectivity index is 1.65. The second-order valence-electron chi connectivity index (χ2n) is 6.35. The number of fused-ring (bicyclic) bond motifs is 1. The monoisotopic (exact) mass is 432 g/mol. The molecule has 9 heteroatoms. The molecule has 0 spiro atoms. The first-order valence-electron chi connectivity index (χ1n) is 8.95. The molecule has 3 rings (SSSR count). The number of hydrogen-bond donors (Lipinski definition) is 1. The van der Waals surface area contributed by atoms with Crippen LogP contribution in [0.2, 0.25) is 0 Å². The van der Waals surface area contributed by atoms with Gasteiger partial charge in [0, 0.05) is 6.42 Å². The summed E-state index contributed by atoms with van der Waals surface area (Å²) in [6.45, 7) is 3.89. The van der Waals surface area contributed by atoms with Crippen molar-refractivity contribution in [3.63, 3.8) is 0 Å². The quantitative estimate of drug-likeness (QED) is 0.573. The molecule has 29 heavy (non-hydrogen) atoms. The molecule has 1 heterocycles. The second-order valence-corrected chi connectivity index (χ2v) is 9.49. The summed E-state index contributed by atoms with van der Waals surface area (Å²) in [7, 11) is -3.54. The van der Waals surface area contributed by atoms with Crippen molar-refractivity contribution in [2.75, 3.05) is 17.7 Å². The number of hydrogen-bond acceptors (Lipinski definition) is 7. The van der Waals surface area contributed by atoms with Gasteiger partial charge in [0.05, 0.1) is 33.0 Å². The fourth-order valence-electron chi connectivity index (χ4n) is 2.59. The molecule has 1 aromatic heterocycles. The molecular formula is C20H20N2O5S2. The van der Waals surface area contributed by atoms with Gasteiger partial charge in [-0.1, -0.05) is 29.0 Å². The van der Waals surface area contributed by atoms with Gasteiger partial charge in [0.15, 0.2) is 15.0 Å². The number of sulfone groups is 1. The number of esters is 1. The Kier molecular flexibility index (Phi) is 6.29. The molecule has 7 nitrogen and oxygen atoms in total. The molecule has 2 aromatic carbocycles. The summed E-state index contributed by atoms with van der Waals surface area (Å²) in [5.74, 6) is -1.15. The van der Waals surface area contributed by atoms with Gasteiger partial charge in [0.1, 0.15) is 0 Å². The number of carbonyl (C=O) groups excluding carboxylic acids is 2. The zero-order valence-corrected chi connectivity index (χ0v) is 17.6. The Labute approximate surface area is 172 Å². The van der Waals surface area contributed by atoms with Gasteiger partial charge in [0.25, 0.3) is 0 Å². The largest absolute Gasteiger partial charge is 0.462 e. The number of amides is 1. The molecule has 0 aliphatic rings. The lowest BCUT2D eigenvalue weighted by Gasteiger charge is -2.05. The lowest BCUT2D eigenvalue weighted by molar-refractivity contribution is -0.115. The maximum Gasteiger partial charge on any atom is 0.338 e. The van der Waals surface area contributed by atoms with Crippen molar-refractivity contribution >= 4 is 48.4 Å². The highest BCUT2D eigenvalue weighted by Gasteiger charge is 2.17. The van der Waals surface area contributed by atoms with Crippen LogP contribution in [0.5, 0.6) is 0 Å². The van der Waals surface area contributed by atoms with Crippen molar-refractivity contribution in [2.45, 2.75) is 25.2 Å². The van der Waals surface area contributed by atoms with Gasteiger partial charge in [-0.2, -0.15) is 0 Å². The molecule has 0 unspecified atom stereocenters. The molecule has 0 saturated heterocycles. The summed E-state index contributed by atoms with van der Waals surface area (Å²) < 4.78 is 30.4. The van der Waals surface area contributed by atoms with E-state index >= 15 is 0 Å². The Morgan fingerprint density at radius 3 is 2.55 bits per heavy atom. The molecule has 0 radical (unpaired) electrons. The second kappa shape index (κ2) is 8.71. The van der Waals surface area contributed by atoms with E-state index in [4.69, 9.17) is 4.74 Å². The fourth-order valence-corrected chi connectivity index (χ4v) is 4.75. The minimum Gasteiger partial charge on any atom is -0.462 e. The van der Waals surface area contributed by atoms with Gasteiger partial charge in [-0.05, 0) is 44.2 Å². The van der Waals surface area contributed by atoms with Crippen molar-refractivity contribution in [3.8, 4) is 0 Å². The Morgan fingerprint density at radius 1 is 1.14 bits per heavy atom. The van der Waals surface area contributed by atoms with Crippen LogP contribution in [0.15, 0.2) is 47.4 Å². The maximum atomic E-state index is 12.4. The van der Waals surface area contributed by atoms with E-state index in [1.54, 1.807) is 37.3 Å². The number of benzene rings is 2. The molecule has 0 aliphatic heterocycles. The first-order chi connectivity index (χ1) is 13.8. The van der Waals surface area contributed by atoms with Crippen LogP contribution in [0.3, 0.4) is 0 Å². The lowest BCUT2D eigenvalue weighted by atomic mass is 10.2. The molecule has 0 fully saturated rings. The fraction of sp³-hybridized carbons (Fsp3) is 0.250. The van der Waals surface area contributed by atoms with Crippen LogP contribution < -0.4 is 5.32 Å². The van der Waals surface area contributed by atoms with Crippen molar-refractivity contribution < 1.29 is 22.7 Å². The van der Waals surface area contributed by atoms with Gasteiger partial charge in [-0.3, -0.25) is 4.79 Å². The summed E-state index contributed by atoms with van der Waals surface area (Å²) in [4.78, 5) is 28.5. The van der Waals surface area contributed by atoms with E-state index < -0.39 is 21.7 Å². The van der Waals surface area contributed by atoms with Crippen LogP contribution in [0, 0.1) is 6.92 Å². The molecular weight excluding hydrogens is 412 g/mol. The van der Waals surface area contributed by atoms with Crippen LogP contribution >= 0.6 is 11.3 Å². The third-order valence-electron chi connectivity index (χ3n) is 4.12. The molecule has 3 aromatic rings. The predicted octanol–water partition coefficient (Wildman–Crippen LogP) is 3.58. The van der Waals surface area contributed by atoms with Crippen molar-refractivity contribution in [3.05, 3.63) is 53.6 Å². The molecule has 0 atom stereocenters. The number of carbonyl (C=O) groups is 2. The molecule has 0 bridgehead atoms. The maximum absolute atomic E-state index is 12.4. The van der Waals surface area contributed by atoms with Gasteiger partial charge >= 0.3 is 5.97 Å². The minimum absolute atomic E-state index is 0.180. The molecule has 0 saturated carbocycles. The predicted molar refractivity (Wildman–Crippen MR) is 112 cm³/mol. The van der Waals surface area contributed by atoms with Gasteiger partial charge in [0.2, 0.25) is 5.91 Å². The molecule has 0 aliphatic carbocycles. The summed E-state index contributed by atoms with van der Waals surface area (Å²) in [5, 5.41) is 2.97. The highest BCUT2D eigenvalue weighted by Crippen LogP contribution is 2.27. The lowest BCUT2D eigenvalue weighted by Crippen LogP contribution is -2.17. The van der Waals surface area contributed by atoms with E-state index in [-0.39, 0.29) is 23.7 Å². The number of nitrogens with one attached hydrogen (secondary N) is 1. The highest BCUT2D eigenvalue weighted by molar-refractivity contribution is 7.91. The zero-order valence-electron chi connectivity index (χ0n) is 16.0. The standard InChI is InChI=1S/C20H20N2O5S2/c1-3-27-19(24)14-6-9-16-17(12-14)28-20(21-16)22-18(23)10-11-29(25,26)15-7-4-13(2)5-8-15/h4-9,12H,3,10-11H2,1-2H3,(H,21,22,23). The summed E-state index contributed by atoms with van der Waals surface area (Å²) in [6.07, 6.45) is -0.180. The summed E-state index contributed by atoms with van der Waals surface area (Å²) in [6, 6.07) is 11.5. The van der Waals surface area contributed by atoms with Crippen LogP contribution in [0.1, 0.15) is 29.3 Å². The Morgan fingerprint density at radius 2 is 1.86 bits per heavy atom.